The number of hydrogen-bond donors (Lipinski definition) is 1. The van der Waals surface area contributed by atoms with Gasteiger partial charge < -0.3 is 9.88 Å². The van der Waals surface area contributed by atoms with Crippen LogP contribution in [0.5, 0.6) is 0 Å². The van der Waals surface area contributed by atoms with E-state index in [0.717, 1.165) is 17.8 Å². The number of nitrogens with one attached hydrogen (secondary N) is 1. The van der Waals surface area contributed by atoms with E-state index in [2.05, 4.69) is 34.6 Å². The van der Waals surface area contributed by atoms with Gasteiger partial charge in [-0.25, -0.2) is 4.98 Å². The Morgan fingerprint density at radius 3 is 2.48 bits per heavy atom. The Bertz CT molecular complexity index is 740. The summed E-state index contributed by atoms with van der Waals surface area (Å²) in [5.41, 5.74) is 3.31. The topological polar surface area (TPSA) is 29.9 Å². The molecule has 0 bridgehead atoms. The highest BCUT2D eigenvalue weighted by atomic mass is 35.5. The lowest BCUT2D eigenvalue weighted by atomic mass is 10.2. The molecule has 0 fully saturated rings. The van der Waals surface area contributed by atoms with Gasteiger partial charge in [-0.05, 0) is 29.3 Å². The van der Waals surface area contributed by atoms with Crippen LogP contribution in [0.2, 0.25) is 10.0 Å². The zero-order chi connectivity index (χ0) is 15.4. The molecule has 0 aliphatic rings. The molecule has 1 aromatic heterocycles. The summed E-state index contributed by atoms with van der Waals surface area (Å²) in [5, 5.41) is 4.58. The maximum absolute atomic E-state index is 6.17. The Balaban J connectivity index is 0.00000192. The van der Waals surface area contributed by atoms with E-state index < -0.39 is 0 Å². The molecule has 3 nitrogen and oxygen atoms in total. The first-order valence-electron chi connectivity index (χ1n) is 6.95. The summed E-state index contributed by atoms with van der Waals surface area (Å²) in [5.74, 6) is 0. The number of rotatable bonds is 5. The molecule has 3 aromatic rings. The lowest BCUT2D eigenvalue weighted by Gasteiger charge is -2.09. The standard InChI is InChI=1S/C17H15Cl2N3.ClH/c18-16-3-1-2-14(17(16)19)11-21-10-13-4-6-15(7-5-13)22-9-8-20-12-22;/h1-9,12,21H,10-11H2;1H. The summed E-state index contributed by atoms with van der Waals surface area (Å²) in [6.07, 6.45) is 5.48. The number of benzene rings is 2. The van der Waals surface area contributed by atoms with Crippen molar-refractivity contribution < 1.29 is 0 Å². The first-order valence-corrected chi connectivity index (χ1v) is 7.70. The van der Waals surface area contributed by atoms with Crippen LogP contribution in [0.3, 0.4) is 0 Å². The fourth-order valence-corrected chi connectivity index (χ4v) is 2.61. The molecule has 6 heteroatoms. The van der Waals surface area contributed by atoms with Crippen molar-refractivity contribution in [1.29, 1.82) is 0 Å². The number of imidazole rings is 1. The molecule has 0 unspecified atom stereocenters. The van der Waals surface area contributed by atoms with Gasteiger partial charge in [-0.15, -0.1) is 12.4 Å². The number of nitrogens with zero attached hydrogens (tertiary/aromatic N) is 2. The third-order valence-electron chi connectivity index (χ3n) is 3.42. The molecule has 0 aliphatic carbocycles. The van der Waals surface area contributed by atoms with E-state index in [1.165, 1.54) is 5.56 Å². The van der Waals surface area contributed by atoms with Crippen LogP contribution in [-0.4, -0.2) is 9.55 Å². The van der Waals surface area contributed by atoms with Crippen molar-refractivity contribution in [3.8, 4) is 5.69 Å². The van der Waals surface area contributed by atoms with Crippen molar-refractivity contribution >= 4 is 35.6 Å². The molecule has 1 heterocycles. The Hall–Kier alpha value is -1.52. The molecule has 3 rings (SSSR count). The zero-order valence-corrected chi connectivity index (χ0v) is 14.6. The summed E-state index contributed by atoms with van der Waals surface area (Å²) in [4.78, 5) is 4.05. The van der Waals surface area contributed by atoms with Gasteiger partial charge in [-0.1, -0.05) is 47.5 Å². The van der Waals surface area contributed by atoms with Gasteiger partial charge in [-0.2, -0.15) is 0 Å². The van der Waals surface area contributed by atoms with Gasteiger partial charge in [0.2, 0.25) is 0 Å². The SMILES string of the molecule is Cl.Clc1cccc(CNCc2ccc(-n3ccnc3)cc2)c1Cl. The number of aromatic nitrogens is 2. The summed E-state index contributed by atoms with van der Waals surface area (Å²) in [6, 6.07) is 14.0. The zero-order valence-electron chi connectivity index (χ0n) is 12.2. The summed E-state index contributed by atoms with van der Waals surface area (Å²) in [7, 11) is 0. The van der Waals surface area contributed by atoms with E-state index in [4.69, 9.17) is 23.2 Å². The molecule has 0 amide bonds. The molecule has 120 valence electrons. The second-order valence-corrected chi connectivity index (χ2v) is 5.74. The van der Waals surface area contributed by atoms with Crippen LogP contribution in [0.1, 0.15) is 11.1 Å². The highest BCUT2D eigenvalue weighted by Crippen LogP contribution is 2.25. The van der Waals surface area contributed by atoms with Gasteiger partial charge in [-0.3, -0.25) is 0 Å². The predicted molar refractivity (Wildman–Crippen MR) is 97.8 cm³/mol. The van der Waals surface area contributed by atoms with Gasteiger partial charge >= 0.3 is 0 Å². The molecule has 2 aromatic carbocycles. The molecule has 0 saturated heterocycles. The molecular formula is C17H16Cl3N3. The fourth-order valence-electron chi connectivity index (χ4n) is 2.22. The summed E-state index contributed by atoms with van der Waals surface area (Å²) < 4.78 is 1.98. The molecule has 0 spiro atoms. The van der Waals surface area contributed by atoms with Gasteiger partial charge in [0, 0.05) is 31.2 Å². The highest BCUT2D eigenvalue weighted by Gasteiger charge is 2.03. The molecule has 23 heavy (non-hydrogen) atoms. The van der Waals surface area contributed by atoms with Crippen LogP contribution in [0.25, 0.3) is 5.69 Å². The normalized spacial score (nSPS) is 10.3. The number of halogens is 3. The van der Waals surface area contributed by atoms with Gasteiger partial charge in [0.15, 0.2) is 0 Å². The first-order chi connectivity index (χ1) is 10.7. The predicted octanol–water partition coefficient (Wildman–Crippen LogP) is 4.89. The van der Waals surface area contributed by atoms with Crippen LogP contribution < -0.4 is 5.32 Å². The van der Waals surface area contributed by atoms with Crippen LogP contribution in [0, 0.1) is 0 Å². The van der Waals surface area contributed by atoms with E-state index in [-0.39, 0.29) is 12.4 Å². The van der Waals surface area contributed by atoms with E-state index in [1.807, 2.05) is 22.9 Å². The van der Waals surface area contributed by atoms with Crippen LogP contribution in [0.15, 0.2) is 61.2 Å². The average Bonchev–Trinajstić information content (AvgIpc) is 3.07. The van der Waals surface area contributed by atoms with Crippen LogP contribution >= 0.6 is 35.6 Å². The van der Waals surface area contributed by atoms with Crippen molar-refractivity contribution in [3.63, 3.8) is 0 Å². The largest absolute Gasteiger partial charge is 0.309 e. The minimum atomic E-state index is 0. The smallest absolute Gasteiger partial charge is 0.0991 e. The summed E-state index contributed by atoms with van der Waals surface area (Å²) >= 11 is 12.2. The Morgan fingerprint density at radius 2 is 1.78 bits per heavy atom. The number of hydrogen-bond acceptors (Lipinski definition) is 2. The average molecular weight is 369 g/mol. The minimum Gasteiger partial charge on any atom is -0.309 e. The molecule has 0 atom stereocenters. The third-order valence-corrected chi connectivity index (χ3v) is 4.27. The second-order valence-electron chi connectivity index (χ2n) is 4.95. The Morgan fingerprint density at radius 1 is 1.00 bits per heavy atom. The minimum absolute atomic E-state index is 0. The lowest BCUT2D eigenvalue weighted by Crippen LogP contribution is -2.13. The quantitative estimate of drug-likeness (QED) is 0.695. The van der Waals surface area contributed by atoms with Gasteiger partial charge in [0.1, 0.15) is 0 Å². The Labute approximate surface area is 151 Å². The van der Waals surface area contributed by atoms with Crippen molar-refractivity contribution in [2.24, 2.45) is 0 Å². The highest BCUT2D eigenvalue weighted by molar-refractivity contribution is 6.42. The maximum atomic E-state index is 6.17. The summed E-state index contributed by atoms with van der Waals surface area (Å²) in [6.45, 7) is 1.45. The van der Waals surface area contributed by atoms with Crippen LogP contribution in [-0.2, 0) is 13.1 Å². The van der Waals surface area contributed by atoms with Gasteiger partial charge in [0.05, 0.1) is 16.4 Å². The lowest BCUT2D eigenvalue weighted by molar-refractivity contribution is 0.693. The van der Waals surface area contributed by atoms with E-state index in [0.29, 0.717) is 16.6 Å². The van der Waals surface area contributed by atoms with Crippen LogP contribution in [0.4, 0.5) is 0 Å². The first kappa shape index (κ1) is 17.8. The van der Waals surface area contributed by atoms with Crippen molar-refractivity contribution in [3.05, 3.63) is 82.4 Å². The maximum Gasteiger partial charge on any atom is 0.0991 e. The van der Waals surface area contributed by atoms with Crippen molar-refractivity contribution in [2.75, 3.05) is 0 Å². The molecular weight excluding hydrogens is 353 g/mol. The molecule has 0 aliphatic heterocycles. The fraction of sp³-hybridized carbons (Fsp3) is 0.118. The monoisotopic (exact) mass is 367 g/mol. The van der Waals surface area contributed by atoms with E-state index >= 15 is 0 Å². The molecule has 0 saturated carbocycles. The van der Waals surface area contributed by atoms with E-state index in [1.54, 1.807) is 18.6 Å². The van der Waals surface area contributed by atoms with Gasteiger partial charge in [0.25, 0.3) is 0 Å². The third kappa shape index (κ3) is 4.49. The van der Waals surface area contributed by atoms with E-state index in [9.17, 15) is 0 Å². The van der Waals surface area contributed by atoms with Crippen molar-refractivity contribution in [2.45, 2.75) is 13.1 Å². The Kier molecular flexibility index (Phi) is 6.48. The molecule has 0 radical (unpaired) electrons. The second kappa shape index (κ2) is 8.37. The molecule has 1 N–H and O–H groups in total. The van der Waals surface area contributed by atoms with Crippen molar-refractivity contribution in [1.82, 2.24) is 14.9 Å².